The molecule has 53 heavy (non-hydrogen) atoms. The number of hydrogen-bond donors (Lipinski definition) is 8. The van der Waals surface area contributed by atoms with Crippen molar-refractivity contribution in [3.8, 4) is 5.75 Å². The van der Waals surface area contributed by atoms with Crippen LogP contribution in [0.2, 0.25) is 0 Å². The summed E-state index contributed by atoms with van der Waals surface area (Å²) in [4.78, 5) is 81.8. The van der Waals surface area contributed by atoms with Crippen molar-refractivity contribution < 1.29 is 33.9 Å². The molecule has 0 saturated carbocycles. The van der Waals surface area contributed by atoms with E-state index in [4.69, 9.17) is 17.2 Å². The number of nitrogens with zero attached hydrogens (tertiary/aromatic N) is 1. The molecule has 11 N–H and O–H groups in total. The number of aromatic hydroxyl groups is 1. The fraction of sp³-hybridized carbons (Fsp3) is 0.657. The highest BCUT2D eigenvalue weighted by Gasteiger charge is 2.39. The first kappa shape index (κ1) is 46.0. The van der Waals surface area contributed by atoms with Crippen molar-refractivity contribution in [2.24, 2.45) is 17.2 Å². The van der Waals surface area contributed by atoms with Crippen molar-refractivity contribution in [3.05, 3.63) is 29.8 Å². The van der Waals surface area contributed by atoms with Crippen LogP contribution < -0.4 is 38.5 Å². The predicted molar refractivity (Wildman–Crippen MR) is 213 cm³/mol. The number of carbonyl (C=O) groups excluding carboxylic acids is 6. The second-order valence-corrected chi connectivity index (χ2v) is 15.9. The SMILES string of the molecule is CSCC[C@H](NC(=O)[C@H](Cc1ccc(O)cc1)NC(=O)[C@H](CCCCN)NC(=O)[C@@H](N)CCSC)C(=O)N1CCC[C@H]1C(=O)N[C@H](CCSC)C(N)=O. The third kappa shape index (κ3) is 16.0. The van der Waals surface area contributed by atoms with Crippen molar-refractivity contribution >= 4 is 70.7 Å². The number of amides is 6. The molecule has 1 aromatic carbocycles. The van der Waals surface area contributed by atoms with E-state index in [9.17, 15) is 33.9 Å². The molecule has 1 fully saturated rings. The summed E-state index contributed by atoms with van der Waals surface area (Å²) < 4.78 is 0. The monoisotopic (exact) mass is 798 g/mol. The normalized spacial score (nSPS) is 16.8. The number of phenols is 1. The minimum atomic E-state index is -1.18. The summed E-state index contributed by atoms with van der Waals surface area (Å²) in [6.45, 7) is 0.682. The number of benzene rings is 1. The number of phenolic OH excluding ortho intramolecular Hbond substituents is 1. The zero-order chi connectivity index (χ0) is 39.3. The molecule has 1 aliphatic rings. The highest BCUT2D eigenvalue weighted by Crippen LogP contribution is 2.21. The van der Waals surface area contributed by atoms with Gasteiger partial charge in [0.15, 0.2) is 0 Å². The zero-order valence-corrected chi connectivity index (χ0v) is 33.4. The summed E-state index contributed by atoms with van der Waals surface area (Å²) in [6, 6.07) is 0.420. The van der Waals surface area contributed by atoms with Crippen molar-refractivity contribution in [2.45, 2.75) is 94.0 Å². The molecule has 0 radical (unpaired) electrons. The van der Waals surface area contributed by atoms with Gasteiger partial charge in [0.2, 0.25) is 35.4 Å². The summed E-state index contributed by atoms with van der Waals surface area (Å²) in [5, 5.41) is 20.9. The first-order chi connectivity index (χ1) is 25.4. The molecule has 0 unspecified atom stereocenters. The number of hydrogen-bond acceptors (Lipinski definition) is 12. The van der Waals surface area contributed by atoms with Crippen LogP contribution in [0.3, 0.4) is 0 Å². The quantitative estimate of drug-likeness (QED) is 0.0612. The van der Waals surface area contributed by atoms with Crippen molar-refractivity contribution in [1.29, 1.82) is 0 Å². The maximum atomic E-state index is 14.1. The van der Waals surface area contributed by atoms with Crippen molar-refractivity contribution in [1.82, 2.24) is 26.2 Å². The van der Waals surface area contributed by atoms with Gasteiger partial charge in [-0.05, 0) is 112 Å². The Kier molecular flexibility index (Phi) is 21.7. The van der Waals surface area contributed by atoms with Crippen LogP contribution >= 0.6 is 35.3 Å². The number of nitrogens with two attached hydrogens (primary N) is 3. The summed E-state index contributed by atoms with van der Waals surface area (Å²) in [5.41, 5.74) is 17.9. The van der Waals surface area contributed by atoms with Gasteiger partial charge >= 0.3 is 0 Å². The molecule has 0 aliphatic carbocycles. The number of thioether (sulfide) groups is 3. The van der Waals surface area contributed by atoms with Gasteiger partial charge in [-0.2, -0.15) is 35.3 Å². The molecule has 15 nitrogen and oxygen atoms in total. The van der Waals surface area contributed by atoms with Crippen molar-refractivity contribution in [3.63, 3.8) is 0 Å². The lowest BCUT2D eigenvalue weighted by Crippen LogP contribution is -2.59. The van der Waals surface area contributed by atoms with Gasteiger partial charge in [-0.25, -0.2) is 0 Å². The second-order valence-electron chi connectivity index (χ2n) is 12.9. The molecule has 0 bridgehead atoms. The average molecular weight is 799 g/mol. The van der Waals surface area contributed by atoms with Crippen LogP contribution in [0, 0.1) is 0 Å². The van der Waals surface area contributed by atoms with Gasteiger partial charge in [0.25, 0.3) is 0 Å². The van der Waals surface area contributed by atoms with E-state index in [0.29, 0.717) is 67.9 Å². The molecule has 6 atom stereocenters. The molecule has 2 rings (SSSR count). The Hall–Kier alpha value is -3.19. The summed E-state index contributed by atoms with van der Waals surface area (Å²) in [5.74, 6) is -1.49. The Morgan fingerprint density at radius 2 is 1.34 bits per heavy atom. The van der Waals surface area contributed by atoms with E-state index in [-0.39, 0.29) is 31.6 Å². The Morgan fingerprint density at radius 3 is 1.94 bits per heavy atom. The molecule has 1 saturated heterocycles. The smallest absolute Gasteiger partial charge is 0.245 e. The van der Waals surface area contributed by atoms with Crippen LogP contribution in [-0.4, -0.2) is 131 Å². The van der Waals surface area contributed by atoms with E-state index in [0.717, 1.165) is 0 Å². The molecule has 18 heteroatoms. The number of nitrogens with one attached hydrogen (secondary N) is 4. The molecule has 1 aliphatic heterocycles. The largest absolute Gasteiger partial charge is 0.508 e. The lowest BCUT2D eigenvalue weighted by atomic mass is 10.0. The van der Waals surface area contributed by atoms with Crippen LogP contribution in [0.25, 0.3) is 0 Å². The predicted octanol–water partition coefficient (Wildman–Crippen LogP) is 0.0658. The fourth-order valence-electron chi connectivity index (χ4n) is 5.82. The van der Waals surface area contributed by atoms with Gasteiger partial charge in [0.05, 0.1) is 6.04 Å². The highest BCUT2D eigenvalue weighted by atomic mass is 32.2. The second kappa shape index (κ2) is 25.0. The highest BCUT2D eigenvalue weighted by molar-refractivity contribution is 7.98. The summed E-state index contributed by atoms with van der Waals surface area (Å²) in [7, 11) is 0. The molecule has 0 aromatic heterocycles. The fourth-order valence-corrected chi connectivity index (χ4v) is 7.26. The molecular formula is C35H58N8O7S3. The lowest BCUT2D eigenvalue weighted by molar-refractivity contribution is -0.142. The van der Waals surface area contributed by atoms with Gasteiger partial charge in [0, 0.05) is 13.0 Å². The molecule has 298 valence electrons. The maximum absolute atomic E-state index is 14.1. The van der Waals surface area contributed by atoms with Crippen molar-refractivity contribution in [2.75, 3.05) is 49.1 Å². The van der Waals surface area contributed by atoms with Crippen LogP contribution in [0.1, 0.15) is 56.9 Å². The minimum Gasteiger partial charge on any atom is -0.508 e. The van der Waals surface area contributed by atoms with E-state index < -0.39 is 71.7 Å². The van der Waals surface area contributed by atoms with Crippen LogP contribution in [0.5, 0.6) is 5.75 Å². The average Bonchev–Trinajstić information content (AvgIpc) is 3.64. The van der Waals surface area contributed by atoms with Gasteiger partial charge in [-0.15, -0.1) is 0 Å². The van der Waals surface area contributed by atoms with Crippen LogP contribution in [0.4, 0.5) is 0 Å². The lowest BCUT2D eigenvalue weighted by Gasteiger charge is -2.31. The maximum Gasteiger partial charge on any atom is 0.245 e. The molecule has 0 spiro atoms. The third-order valence-corrected chi connectivity index (χ3v) is 10.8. The molecule has 1 aromatic rings. The van der Waals surface area contributed by atoms with Gasteiger partial charge in [-0.1, -0.05) is 12.1 Å². The van der Waals surface area contributed by atoms with Gasteiger partial charge in [-0.3, -0.25) is 28.8 Å². The standard InChI is InChI=1S/C35H58N8O7S3/c1-51-18-13-24(37)31(46)40-26(7-4-5-16-36)32(47)42-28(21-22-9-11-23(44)12-10-22)33(48)41-27(15-20-53-3)35(50)43-17-6-8-29(43)34(49)39-25(30(38)45)14-19-52-2/h9-12,24-29,44H,4-8,13-21,36-37H2,1-3H3,(H2,38,45)(H,39,49)(H,40,46)(H,41,48)(H,42,47)/t24-,25+,26-,27-,28-,29-/m0/s1. The number of primary amides is 1. The van der Waals surface area contributed by atoms with Crippen LogP contribution in [-0.2, 0) is 35.2 Å². The topological polar surface area (TPSA) is 252 Å². The summed E-state index contributed by atoms with van der Waals surface area (Å²) in [6.07, 6.45) is 9.04. The first-order valence-electron chi connectivity index (χ1n) is 17.9. The molecular weight excluding hydrogens is 741 g/mol. The Bertz CT molecular complexity index is 1340. The summed E-state index contributed by atoms with van der Waals surface area (Å²) >= 11 is 4.55. The van der Waals surface area contributed by atoms with E-state index in [1.54, 1.807) is 23.9 Å². The van der Waals surface area contributed by atoms with E-state index in [1.807, 2.05) is 18.8 Å². The van der Waals surface area contributed by atoms with E-state index in [1.165, 1.54) is 40.6 Å². The van der Waals surface area contributed by atoms with E-state index >= 15 is 0 Å². The Morgan fingerprint density at radius 1 is 0.774 bits per heavy atom. The van der Waals surface area contributed by atoms with Gasteiger partial charge < -0.3 is 48.5 Å². The molecule has 6 amide bonds. The van der Waals surface area contributed by atoms with E-state index in [2.05, 4.69) is 21.3 Å². The Balaban J connectivity index is 2.34. The van der Waals surface area contributed by atoms with Crippen LogP contribution in [0.15, 0.2) is 24.3 Å². The first-order valence-corrected chi connectivity index (χ1v) is 22.1. The molecule has 1 heterocycles. The number of likely N-dealkylation sites (tertiary alicyclic amines) is 1. The Labute approximate surface area is 325 Å². The number of carbonyl (C=O) groups is 6. The number of rotatable bonds is 25. The minimum absolute atomic E-state index is 0.0112. The zero-order valence-electron chi connectivity index (χ0n) is 31.0. The third-order valence-electron chi connectivity index (χ3n) is 8.89. The van der Waals surface area contributed by atoms with Gasteiger partial charge in [0.1, 0.15) is 36.0 Å². The number of unbranched alkanes of at least 4 members (excludes halogenated alkanes) is 1.